The standard InChI is InChI=1S/C15H19N5O2S2/c1-3-20(4-2)15(23)18-12-6-8-13(9-7-12)24(21,22)19-14-16-10-5-11-17-14/h5-11H,3-4H2,1-2H3,(H,18,23)(H,16,17,19). The van der Waals surface area contributed by atoms with Gasteiger partial charge in [0, 0.05) is 31.2 Å². The highest BCUT2D eigenvalue weighted by Crippen LogP contribution is 2.16. The molecule has 0 fully saturated rings. The highest BCUT2D eigenvalue weighted by Gasteiger charge is 2.15. The first-order chi connectivity index (χ1) is 11.5. The van der Waals surface area contributed by atoms with Gasteiger partial charge in [0.05, 0.1) is 4.90 Å². The maximum absolute atomic E-state index is 12.3. The normalized spacial score (nSPS) is 10.9. The quantitative estimate of drug-likeness (QED) is 0.760. The van der Waals surface area contributed by atoms with Gasteiger partial charge in [-0.2, -0.15) is 0 Å². The summed E-state index contributed by atoms with van der Waals surface area (Å²) in [5.41, 5.74) is 0.724. The first-order valence-corrected chi connectivity index (χ1v) is 9.31. The van der Waals surface area contributed by atoms with Crippen molar-refractivity contribution >= 4 is 39.0 Å². The zero-order valence-corrected chi connectivity index (χ0v) is 15.1. The van der Waals surface area contributed by atoms with Crippen molar-refractivity contribution in [3.05, 3.63) is 42.7 Å². The zero-order chi connectivity index (χ0) is 17.6. The van der Waals surface area contributed by atoms with Crippen molar-refractivity contribution in [3.8, 4) is 0 Å². The molecule has 24 heavy (non-hydrogen) atoms. The number of benzene rings is 1. The highest BCUT2D eigenvalue weighted by molar-refractivity contribution is 7.92. The minimum absolute atomic E-state index is 0.0300. The second kappa shape index (κ2) is 8.02. The van der Waals surface area contributed by atoms with Gasteiger partial charge in [0.15, 0.2) is 5.11 Å². The second-order valence-corrected chi connectivity index (χ2v) is 6.87. The van der Waals surface area contributed by atoms with E-state index in [9.17, 15) is 8.42 Å². The maximum atomic E-state index is 12.3. The lowest BCUT2D eigenvalue weighted by Gasteiger charge is -2.22. The van der Waals surface area contributed by atoms with Crippen molar-refractivity contribution in [3.63, 3.8) is 0 Å². The van der Waals surface area contributed by atoms with Gasteiger partial charge in [-0.1, -0.05) is 0 Å². The summed E-state index contributed by atoms with van der Waals surface area (Å²) < 4.78 is 26.9. The largest absolute Gasteiger partial charge is 0.350 e. The minimum atomic E-state index is -3.73. The summed E-state index contributed by atoms with van der Waals surface area (Å²) in [6.45, 7) is 5.64. The average Bonchev–Trinajstić information content (AvgIpc) is 2.57. The molecule has 0 bridgehead atoms. The van der Waals surface area contributed by atoms with Crippen LogP contribution in [0.15, 0.2) is 47.6 Å². The summed E-state index contributed by atoms with van der Waals surface area (Å²) in [4.78, 5) is 9.81. The summed E-state index contributed by atoms with van der Waals surface area (Å²) in [7, 11) is -3.73. The van der Waals surface area contributed by atoms with Crippen LogP contribution in [-0.4, -0.2) is 41.5 Å². The Labute approximate surface area is 147 Å². The molecule has 7 nitrogen and oxygen atoms in total. The topological polar surface area (TPSA) is 87.2 Å². The second-order valence-electron chi connectivity index (χ2n) is 4.80. The van der Waals surface area contributed by atoms with Crippen LogP contribution < -0.4 is 10.0 Å². The minimum Gasteiger partial charge on any atom is -0.350 e. The van der Waals surface area contributed by atoms with Gasteiger partial charge < -0.3 is 10.2 Å². The Kier molecular flexibility index (Phi) is 6.04. The fraction of sp³-hybridized carbons (Fsp3) is 0.267. The third-order valence-electron chi connectivity index (χ3n) is 3.26. The maximum Gasteiger partial charge on any atom is 0.264 e. The van der Waals surface area contributed by atoms with E-state index in [0.29, 0.717) is 5.11 Å². The Bertz CT molecular complexity index is 775. The van der Waals surface area contributed by atoms with E-state index >= 15 is 0 Å². The number of sulfonamides is 1. The molecule has 0 saturated carbocycles. The lowest BCUT2D eigenvalue weighted by Crippen LogP contribution is -2.34. The molecule has 0 spiro atoms. The predicted octanol–water partition coefficient (Wildman–Crippen LogP) is 2.32. The Morgan fingerprint density at radius 3 is 2.25 bits per heavy atom. The molecule has 1 aromatic heterocycles. The van der Waals surface area contributed by atoms with Crippen LogP contribution in [0, 0.1) is 0 Å². The molecule has 2 aromatic rings. The molecule has 0 atom stereocenters. The van der Waals surface area contributed by atoms with E-state index in [1.54, 1.807) is 18.2 Å². The highest BCUT2D eigenvalue weighted by atomic mass is 32.2. The molecular formula is C15H19N5O2S2. The number of rotatable bonds is 6. The average molecular weight is 365 g/mol. The molecule has 0 aliphatic heterocycles. The number of hydrogen-bond acceptors (Lipinski definition) is 5. The van der Waals surface area contributed by atoms with E-state index in [0.717, 1.165) is 18.8 Å². The molecule has 1 heterocycles. The number of nitrogens with zero attached hydrogens (tertiary/aromatic N) is 3. The van der Waals surface area contributed by atoms with E-state index in [-0.39, 0.29) is 10.8 Å². The van der Waals surface area contributed by atoms with E-state index in [4.69, 9.17) is 12.2 Å². The fourth-order valence-electron chi connectivity index (χ4n) is 1.96. The molecule has 0 amide bonds. The molecule has 0 saturated heterocycles. The molecule has 2 N–H and O–H groups in total. The molecule has 0 aliphatic rings. The van der Waals surface area contributed by atoms with Crippen molar-refractivity contribution in [1.82, 2.24) is 14.9 Å². The van der Waals surface area contributed by atoms with Gasteiger partial charge in [0.2, 0.25) is 5.95 Å². The lowest BCUT2D eigenvalue weighted by molar-refractivity contribution is 0.473. The van der Waals surface area contributed by atoms with Crippen LogP contribution in [0.25, 0.3) is 0 Å². The SMILES string of the molecule is CCN(CC)C(=S)Nc1ccc(S(=O)(=O)Nc2ncccn2)cc1. The van der Waals surface area contributed by atoms with Crippen molar-refractivity contribution in [2.45, 2.75) is 18.7 Å². The van der Waals surface area contributed by atoms with Gasteiger partial charge in [-0.05, 0) is 56.4 Å². The first kappa shape index (κ1) is 18.1. The Morgan fingerprint density at radius 1 is 1.12 bits per heavy atom. The number of aromatic nitrogens is 2. The molecule has 2 rings (SSSR count). The van der Waals surface area contributed by atoms with E-state index < -0.39 is 10.0 Å². The van der Waals surface area contributed by atoms with Gasteiger partial charge in [-0.3, -0.25) is 0 Å². The third kappa shape index (κ3) is 4.62. The number of nitrogens with one attached hydrogen (secondary N) is 2. The van der Waals surface area contributed by atoms with Crippen molar-refractivity contribution in [2.24, 2.45) is 0 Å². The van der Waals surface area contributed by atoms with Gasteiger partial charge in [0.1, 0.15) is 0 Å². The van der Waals surface area contributed by atoms with Crippen molar-refractivity contribution in [1.29, 1.82) is 0 Å². The summed E-state index contributed by atoms with van der Waals surface area (Å²) in [6, 6.07) is 7.93. The van der Waals surface area contributed by atoms with Crippen LogP contribution >= 0.6 is 12.2 Å². The molecule has 0 unspecified atom stereocenters. The molecule has 128 valence electrons. The molecule has 9 heteroatoms. The van der Waals surface area contributed by atoms with Gasteiger partial charge in [-0.15, -0.1) is 0 Å². The predicted molar refractivity (Wildman–Crippen MR) is 98.4 cm³/mol. The molecule has 1 aromatic carbocycles. The van der Waals surface area contributed by atoms with E-state index in [1.165, 1.54) is 24.5 Å². The Morgan fingerprint density at radius 2 is 1.71 bits per heavy atom. The first-order valence-electron chi connectivity index (χ1n) is 7.42. The number of thiocarbonyl (C=S) groups is 1. The summed E-state index contributed by atoms with van der Waals surface area (Å²) >= 11 is 5.32. The van der Waals surface area contributed by atoms with Gasteiger partial charge in [-0.25, -0.2) is 23.1 Å². The summed E-state index contributed by atoms with van der Waals surface area (Å²) in [5.74, 6) is 0.0300. The Hall–Kier alpha value is -2.26. The van der Waals surface area contributed by atoms with Crippen molar-refractivity contribution < 1.29 is 8.42 Å². The van der Waals surface area contributed by atoms with Crippen molar-refractivity contribution in [2.75, 3.05) is 23.1 Å². The molecule has 0 aliphatic carbocycles. The van der Waals surface area contributed by atoms with E-state index in [2.05, 4.69) is 20.0 Å². The molecule has 0 radical (unpaired) electrons. The summed E-state index contributed by atoms with van der Waals surface area (Å²) in [5, 5.41) is 3.69. The van der Waals surface area contributed by atoms with Gasteiger partial charge in [0.25, 0.3) is 10.0 Å². The monoisotopic (exact) mass is 365 g/mol. The lowest BCUT2D eigenvalue weighted by atomic mass is 10.3. The zero-order valence-electron chi connectivity index (χ0n) is 13.4. The Balaban J connectivity index is 2.10. The number of anilines is 2. The fourth-order valence-corrected chi connectivity index (χ4v) is 3.30. The third-order valence-corrected chi connectivity index (χ3v) is 4.96. The van der Waals surface area contributed by atoms with Crippen LogP contribution in [0.2, 0.25) is 0 Å². The van der Waals surface area contributed by atoms with Crippen LogP contribution in [0.5, 0.6) is 0 Å². The number of hydrogen-bond donors (Lipinski definition) is 2. The van der Waals surface area contributed by atoms with Crippen LogP contribution in [0.4, 0.5) is 11.6 Å². The van der Waals surface area contributed by atoms with Crippen LogP contribution in [-0.2, 0) is 10.0 Å². The van der Waals surface area contributed by atoms with Crippen LogP contribution in [0.3, 0.4) is 0 Å². The smallest absolute Gasteiger partial charge is 0.264 e. The van der Waals surface area contributed by atoms with E-state index in [1.807, 2.05) is 18.7 Å². The van der Waals surface area contributed by atoms with Gasteiger partial charge >= 0.3 is 0 Å². The molecular weight excluding hydrogens is 346 g/mol. The summed E-state index contributed by atoms with van der Waals surface area (Å²) in [6.07, 6.45) is 2.93. The van der Waals surface area contributed by atoms with Crippen LogP contribution in [0.1, 0.15) is 13.8 Å².